The minimum absolute atomic E-state index is 0.295. The van der Waals surface area contributed by atoms with Gasteiger partial charge in [-0.25, -0.2) is 14.3 Å². The second-order valence-corrected chi connectivity index (χ2v) is 6.18. The van der Waals surface area contributed by atoms with Crippen LogP contribution in [-0.2, 0) is 9.47 Å². The van der Waals surface area contributed by atoms with E-state index >= 15 is 0 Å². The summed E-state index contributed by atoms with van der Waals surface area (Å²) in [6.07, 6.45) is 0. The van der Waals surface area contributed by atoms with Gasteiger partial charge in [0, 0.05) is 6.07 Å². The van der Waals surface area contributed by atoms with E-state index < -0.39 is 61.4 Å². The van der Waals surface area contributed by atoms with Crippen LogP contribution in [0, 0.1) is 20.2 Å². The van der Waals surface area contributed by atoms with Crippen LogP contribution in [0.3, 0.4) is 0 Å². The van der Waals surface area contributed by atoms with Crippen molar-refractivity contribution < 1.29 is 34.0 Å². The summed E-state index contributed by atoms with van der Waals surface area (Å²) in [6, 6.07) is 9.36. The van der Waals surface area contributed by atoms with Crippen molar-refractivity contribution in [3.63, 3.8) is 0 Å². The van der Waals surface area contributed by atoms with Gasteiger partial charge in [-0.05, 0) is 12.1 Å². The number of aromatic nitrogens is 2. The summed E-state index contributed by atoms with van der Waals surface area (Å²) in [6.45, 7) is 0. The van der Waals surface area contributed by atoms with Crippen molar-refractivity contribution in [2.24, 2.45) is 0 Å². The van der Waals surface area contributed by atoms with E-state index in [0.717, 1.165) is 25.0 Å². The highest BCUT2D eigenvalue weighted by Gasteiger charge is 2.35. The zero-order valence-corrected chi connectivity index (χ0v) is 16.5. The molecule has 0 aliphatic rings. The van der Waals surface area contributed by atoms with Gasteiger partial charge in [0.1, 0.15) is 11.3 Å². The number of carbonyl (C=O) groups is 2. The maximum atomic E-state index is 12.6. The zero-order chi connectivity index (χ0) is 23.6. The number of aromatic hydroxyl groups is 1. The van der Waals surface area contributed by atoms with Gasteiger partial charge in [0.05, 0.1) is 41.4 Å². The lowest BCUT2D eigenvalue weighted by molar-refractivity contribution is -0.394. The molecule has 164 valence electrons. The van der Waals surface area contributed by atoms with E-state index in [-0.39, 0.29) is 0 Å². The quantitative estimate of drug-likeness (QED) is 0.339. The van der Waals surface area contributed by atoms with E-state index in [1.807, 2.05) is 0 Å². The molecule has 0 saturated heterocycles. The van der Waals surface area contributed by atoms with Crippen molar-refractivity contribution in [2.45, 2.75) is 0 Å². The van der Waals surface area contributed by atoms with Crippen molar-refractivity contribution in [1.29, 1.82) is 0 Å². The fourth-order valence-corrected chi connectivity index (χ4v) is 2.97. The van der Waals surface area contributed by atoms with Gasteiger partial charge in [0.2, 0.25) is 5.75 Å². The summed E-state index contributed by atoms with van der Waals surface area (Å²) in [7, 11) is 2.07. The van der Waals surface area contributed by atoms with Gasteiger partial charge >= 0.3 is 17.6 Å². The maximum Gasteiger partial charge on any atom is 0.357 e. The predicted molar refractivity (Wildman–Crippen MR) is 107 cm³/mol. The number of non-ortho nitro benzene ring substituents is 1. The van der Waals surface area contributed by atoms with E-state index in [1.54, 1.807) is 30.3 Å². The third kappa shape index (κ3) is 3.69. The molecule has 13 nitrogen and oxygen atoms in total. The molecule has 3 aromatic rings. The Bertz CT molecular complexity index is 1250. The number of phenolic OH excluding ortho intramolecular Hbond substituents is 1. The van der Waals surface area contributed by atoms with Gasteiger partial charge in [0.15, 0.2) is 5.69 Å². The predicted octanol–water partition coefficient (Wildman–Crippen LogP) is 2.63. The molecule has 0 aliphatic carbocycles. The highest BCUT2D eigenvalue weighted by molar-refractivity contribution is 6.07. The molecule has 0 atom stereocenters. The Morgan fingerprint density at radius 3 is 2.16 bits per heavy atom. The number of phenols is 1. The molecule has 13 heteroatoms. The molecule has 0 spiro atoms. The third-order valence-corrected chi connectivity index (χ3v) is 4.39. The molecule has 0 saturated carbocycles. The second-order valence-electron chi connectivity index (χ2n) is 6.18. The normalized spacial score (nSPS) is 10.4. The lowest BCUT2D eigenvalue weighted by Gasteiger charge is -2.07. The zero-order valence-electron chi connectivity index (χ0n) is 16.5. The summed E-state index contributed by atoms with van der Waals surface area (Å²) in [5.41, 5.74) is -3.32. The Morgan fingerprint density at radius 1 is 1.00 bits per heavy atom. The number of nitro benzene ring substituents is 2. The average Bonchev–Trinajstić information content (AvgIpc) is 3.18. The van der Waals surface area contributed by atoms with Gasteiger partial charge in [-0.15, -0.1) is 0 Å². The number of ether oxygens (including phenoxy) is 2. The average molecular weight is 442 g/mol. The van der Waals surface area contributed by atoms with Gasteiger partial charge in [0.25, 0.3) is 5.69 Å². The Hall–Kier alpha value is -4.81. The fraction of sp³-hybridized carbons (Fsp3) is 0.105. The van der Waals surface area contributed by atoms with Crippen LogP contribution in [-0.4, -0.2) is 50.9 Å². The van der Waals surface area contributed by atoms with Gasteiger partial charge in [-0.1, -0.05) is 18.2 Å². The number of nitrogens with zero attached hydrogens (tertiary/aromatic N) is 4. The van der Waals surface area contributed by atoms with E-state index in [4.69, 9.17) is 9.47 Å². The molecule has 0 radical (unpaired) electrons. The van der Waals surface area contributed by atoms with E-state index in [1.165, 1.54) is 0 Å². The third-order valence-electron chi connectivity index (χ3n) is 4.39. The summed E-state index contributed by atoms with van der Waals surface area (Å²) in [5.74, 6) is -3.08. The first-order valence-corrected chi connectivity index (χ1v) is 8.72. The van der Waals surface area contributed by atoms with Gasteiger partial charge < -0.3 is 14.6 Å². The first-order valence-electron chi connectivity index (χ1n) is 8.72. The topological polar surface area (TPSA) is 177 Å². The van der Waals surface area contributed by atoms with E-state index in [9.17, 15) is 34.9 Å². The number of carbonyl (C=O) groups excluding carboxylic acids is 2. The fourth-order valence-electron chi connectivity index (χ4n) is 2.97. The van der Waals surface area contributed by atoms with Crippen molar-refractivity contribution in [2.75, 3.05) is 14.2 Å². The highest BCUT2D eigenvalue weighted by Crippen LogP contribution is 2.42. The molecular formula is C19H14N4O9. The van der Waals surface area contributed by atoms with Crippen LogP contribution >= 0.6 is 0 Å². The maximum absolute atomic E-state index is 12.6. The largest absolute Gasteiger partial charge is 0.502 e. The molecule has 0 aliphatic heterocycles. The SMILES string of the molecule is COC(=O)c1c(-c2cc([N+](=O)[O-])cc([N+](=O)[O-])c2O)nn(-c2ccccc2)c1C(=O)OC. The van der Waals surface area contributed by atoms with Crippen molar-refractivity contribution in [3.8, 4) is 22.7 Å². The molecule has 0 amide bonds. The molecule has 1 heterocycles. The molecule has 1 N–H and O–H groups in total. The monoisotopic (exact) mass is 442 g/mol. The van der Waals surface area contributed by atoms with Gasteiger partial charge in [-0.3, -0.25) is 20.2 Å². The summed E-state index contributed by atoms with van der Waals surface area (Å²) < 4.78 is 10.5. The molecule has 32 heavy (non-hydrogen) atoms. The lowest BCUT2D eigenvalue weighted by Crippen LogP contribution is -2.15. The number of hydrogen-bond acceptors (Lipinski definition) is 10. The summed E-state index contributed by atoms with van der Waals surface area (Å²) >= 11 is 0. The second kappa shape index (κ2) is 8.51. The van der Waals surface area contributed by atoms with Crippen molar-refractivity contribution in [1.82, 2.24) is 9.78 Å². The van der Waals surface area contributed by atoms with E-state index in [2.05, 4.69) is 5.10 Å². The summed E-state index contributed by atoms with van der Waals surface area (Å²) in [4.78, 5) is 45.9. The Kier molecular flexibility index (Phi) is 5.82. The van der Waals surface area contributed by atoms with Crippen LogP contribution in [0.15, 0.2) is 42.5 Å². The standard InChI is InChI=1S/C19H14N4O9/c1-31-18(25)14-15(12-8-11(22(27)28)9-13(17(12)24)23(29)30)20-21(16(14)19(26)32-2)10-6-4-3-5-7-10/h3-9,24H,1-2H3. The number of nitro groups is 2. The van der Waals surface area contributed by atoms with E-state index in [0.29, 0.717) is 11.8 Å². The number of rotatable bonds is 6. The molecule has 3 rings (SSSR count). The van der Waals surface area contributed by atoms with Crippen LogP contribution in [0.25, 0.3) is 16.9 Å². The van der Waals surface area contributed by atoms with Crippen LogP contribution in [0.2, 0.25) is 0 Å². The molecule has 0 unspecified atom stereocenters. The van der Waals surface area contributed by atoms with Crippen LogP contribution < -0.4 is 0 Å². The van der Waals surface area contributed by atoms with Crippen LogP contribution in [0.1, 0.15) is 20.8 Å². The van der Waals surface area contributed by atoms with Crippen LogP contribution in [0.4, 0.5) is 11.4 Å². The van der Waals surface area contributed by atoms with Gasteiger partial charge in [-0.2, -0.15) is 5.10 Å². The lowest BCUT2D eigenvalue weighted by atomic mass is 10.0. The molecule has 0 fully saturated rings. The highest BCUT2D eigenvalue weighted by atomic mass is 16.6. The smallest absolute Gasteiger partial charge is 0.357 e. The number of benzene rings is 2. The first-order chi connectivity index (χ1) is 15.2. The number of methoxy groups -OCH3 is 2. The molecular weight excluding hydrogens is 428 g/mol. The molecule has 1 aromatic heterocycles. The molecule has 2 aromatic carbocycles. The van der Waals surface area contributed by atoms with Crippen molar-refractivity contribution >= 4 is 23.3 Å². The number of esters is 2. The number of para-hydroxylation sites is 1. The minimum atomic E-state index is -1.09. The molecule has 0 bridgehead atoms. The Labute approximate surface area is 178 Å². The Balaban J connectivity index is 2.48. The van der Waals surface area contributed by atoms with Crippen molar-refractivity contribution in [3.05, 3.63) is 74.0 Å². The minimum Gasteiger partial charge on any atom is -0.502 e. The summed E-state index contributed by atoms with van der Waals surface area (Å²) in [5, 5.41) is 37.3. The first kappa shape index (κ1) is 21.9. The van der Waals surface area contributed by atoms with Crippen LogP contribution in [0.5, 0.6) is 5.75 Å². The number of hydrogen-bond donors (Lipinski definition) is 1. The Morgan fingerprint density at radius 2 is 1.62 bits per heavy atom.